The van der Waals surface area contributed by atoms with E-state index in [1.54, 1.807) is 10.8 Å². The van der Waals surface area contributed by atoms with Crippen LogP contribution >= 0.6 is 22.5 Å². The van der Waals surface area contributed by atoms with Crippen LogP contribution in [0.25, 0.3) is 0 Å². The molecule has 0 aliphatic heterocycles. The van der Waals surface area contributed by atoms with Crippen LogP contribution in [0.2, 0.25) is 0 Å². The molecule has 0 fully saturated rings. The Bertz CT molecular complexity index is 245. The molecule has 1 heterocycles. The molecule has 4 heteroatoms. The number of nitrogens with zero attached hydrogens (tertiary/aromatic N) is 1. The summed E-state index contributed by atoms with van der Waals surface area (Å²) in [5, 5.41) is 7.52. The molecular weight excluding hydrogens is 188 g/mol. The van der Waals surface area contributed by atoms with Crippen molar-refractivity contribution in [2.24, 2.45) is 0 Å². The molecule has 0 aliphatic rings. The predicted octanol–water partition coefficient (Wildman–Crippen LogP) is 3.17. The van der Waals surface area contributed by atoms with Gasteiger partial charge in [-0.05, 0) is 12.8 Å². The summed E-state index contributed by atoms with van der Waals surface area (Å²) in [7, 11) is 1.55. The van der Waals surface area contributed by atoms with Crippen molar-refractivity contribution in [1.29, 1.82) is 0 Å². The highest BCUT2D eigenvalue weighted by Gasteiger charge is 2.14. The Morgan fingerprint density at radius 2 is 2.17 bits per heavy atom. The molecule has 1 aromatic rings. The molecule has 0 saturated heterocycles. The molecule has 1 rings (SSSR count). The molecule has 12 heavy (non-hydrogen) atoms. The van der Waals surface area contributed by atoms with E-state index in [0.29, 0.717) is 11.2 Å². The zero-order valence-corrected chi connectivity index (χ0v) is 9.25. The zero-order chi connectivity index (χ0) is 9.14. The summed E-state index contributed by atoms with van der Waals surface area (Å²) in [6.07, 6.45) is 1.96. The summed E-state index contributed by atoms with van der Waals surface area (Å²) < 4.78 is 0. The fourth-order valence-electron chi connectivity index (χ4n) is 1.15. The van der Waals surface area contributed by atoms with Crippen LogP contribution < -0.4 is 0 Å². The van der Waals surface area contributed by atoms with E-state index in [0.717, 1.165) is 5.69 Å². The SMILES string of the molecule is CC(C)c1n[nH]cc1C(C)SS. The summed E-state index contributed by atoms with van der Waals surface area (Å²) in [5.74, 6) is 0.481. The lowest BCUT2D eigenvalue weighted by atomic mass is 10.0. The van der Waals surface area contributed by atoms with Gasteiger partial charge in [-0.1, -0.05) is 24.6 Å². The minimum atomic E-state index is 0.407. The second-order valence-electron chi connectivity index (χ2n) is 3.13. The fraction of sp³-hybridized carbons (Fsp3) is 0.625. The first-order chi connectivity index (χ1) is 5.66. The third-order valence-corrected chi connectivity index (χ3v) is 3.36. The van der Waals surface area contributed by atoms with Crippen molar-refractivity contribution in [3.05, 3.63) is 17.5 Å². The highest BCUT2D eigenvalue weighted by Crippen LogP contribution is 2.34. The van der Waals surface area contributed by atoms with E-state index < -0.39 is 0 Å². The quantitative estimate of drug-likeness (QED) is 0.582. The van der Waals surface area contributed by atoms with Crippen LogP contribution in [0.15, 0.2) is 6.20 Å². The Hall–Kier alpha value is -0.0900. The first-order valence-corrected chi connectivity index (χ1v) is 5.93. The Balaban J connectivity index is 2.91. The fourth-order valence-corrected chi connectivity index (χ4v) is 1.80. The summed E-state index contributed by atoms with van der Waals surface area (Å²) >= 11 is 4.19. The van der Waals surface area contributed by atoms with Gasteiger partial charge >= 0.3 is 0 Å². The van der Waals surface area contributed by atoms with Gasteiger partial charge in [0.05, 0.1) is 5.69 Å². The largest absolute Gasteiger partial charge is 0.285 e. The highest BCUT2D eigenvalue weighted by atomic mass is 33.1. The molecule has 1 N–H and O–H groups in total. The zero-order valence-electron chi connectivity index (χ0n) is 7.53. The van der Waals surface area contributed by atoms with Gasteiger partial charge in [0.25, 0.3) is 0 Å². The third kappa shape index (κ3) is 1.98. The Kier molecular flexibility index (Phi) is 3.53. The first kappa shape index (κ1) is 9.99. The van der Waals surface area contributed by atoms with E-state index in [1.807, 2.05) is 6.20 Å². The highest BCUT2D eigenvalue weighted by molar-refractivity contribution is 8.68. The number of rotatable bonds is 3. The van der Waals surface area contributed by atoms with E-state index in [-0.39, 0.29) is 0 Å². The molecule has 68 valence electrons. The van der Waals surface area contributed by atoms with Crippen molar-refractivity contribution in [3.63, 3.8) is 0 Å². The number of aromatic nitrogens is 2. The maximum absolute atomic E-state index is 4.21. The molecule has 1 aromatic heterocycles. The number of nitrogens with one attached hydrogen (secondary N) is 1. The standard InChI is InChI=1S/C8H14N2S2/c1-5(2)8-7(4-9-10-8)6(3)12-11/h4-6,11H,1-3H3,(H,9,10). The van der Waals surface area contributed by atoms with Gasteiger partial charge in [0.1, 0.15) is 0 Å². The molecule has 0 amide bonds. The summed E-state index contributed by atoms with van der Waals surface area (Å²) in [4.78, 5) is 0. The van der Waals surface area contributed by atoms with E-state index in [9.17, 15) is 0 Å². The Morgan fingerprint density at radius 1 is 1.50 bits per heavy atom. The summed E-state index contributed by atoms with van der Waals surface area (Å²) in [6.45, 7) is 6.43. The van der Waals surface area contributed by atoms with Crippen LogP contribution in [0.3, 0.4) is 0 Å². The maximum Gasteiger partial charge on any atom is 0.0690 e. The average Bonchev–Trinajstić information content (AvgIpc) is 2.50. The molecule has 2 nitrogen and oxygen atoms in total. The van der Waals surface area contributed by atoms with Crippen LogP contribution in [-0.4, -0.2) is 10.2 Å². The number of H-pyrrole nitrogens is 1. The Labute approximate surface area is 82.3 Å². The lowest BCUT2D eigenvalue weighted by Crippen LogP contribution is -1.95. The monoisotopic (exact) mass is 202 g/mol. The normalized spacial score (nSPS) is 13.8. The van der Waals surface area contributed by atoms with Crippen LogP contribution in [-0.2, 0) is 0 Å². The predicted molar refractivity (Wildman–Crippen MR) is 57.7 cm³/mol. The second-order valence-corrected chi connectivity index (χ2v) is 4.68. The third-order valence-electron chi connectivity index (χ3n) is 1.84. The van der Waals surface area contributed by atoms with E-state index in [4.69, 9.17) is 0 Å². The lowest BCUT2D eigenvalue weighted by Gasteiger charge is -2.09. The van der Waals surface area contributed by atoms with Crippen molar-refractivity contribution in [1.82, 2.24) is 10.2 Å². The van der Waals surface area contributed by atoms with Gasteiger partial charge in [0, 0.05) is 17.0 Å². The molecule has 0 aliphatic carbocycles. The molecular formula is C8H14N2S2. The van der Waals surface area contributed by atoms with Gasteiger partial charge in [-0.15, -0.1) is 11.7 Å². The molecule has 0 saturated carbocycles. The topological polar surface area (TPSA) is 28.7 Å². The van der Waals surface area contributed by atoms with Crippen molar-refractivity contribution >= 4 is 22.5 Å². The molecule has 0 spiro atoms. The number of hydrogen-bond donors (Lipinski definition) is 2. The molecule has 0 radical (unpaired) electrons. The van der Waals surface area contributed by atoms with Gasteiger partial charge in [-0.2, -0.15) is 5.10 Å². The summed E-state index contributed by atoms with van der Waals surface area (Å²) in [6, 6.07) is 0. The lowest BCUT2D eigenvalue weighted by molar-refractivity contribution is 0.796. The van der Waals surface area contributed by atoms with Crippen molar-refractivity contribution in [2.75, 3.05) is 0 Å². The smallest absolute Gasteiger partial charge is 0.0690 e. The average molecular weight is 202 g/mol. The van der Waals surface area contributed by atoms with E-state index in [1.165, 1.54) is 5.56 Å². The molecule has 1 atom stereocenters. The van der Waals surface area contributed by atoms with Crippen LogP contribution in [0.4, 0.5) is 0 Å². The van der Waals surface area contributed by atoms with Gasteiger partial charge in [0.2, 0.25) is 0 Å². The van der Waals surface area contributed by atoms with Gasteiger partial charge < -0.3 is 0 Å². The molecule has 0 bridgehead atoms. The van der Waals surface area contributed by atoms with E-state index in [2.05, 4.69) is 42.6 Å². The maximum atomic E-state index is 4.21. The number of aromatic amines is 1. The van der Waals surface area contributed by atoms with Crippen molar-refractivity contribution < 1.29 is 0 Å². The van der Waals surface area contributed by atoms with Crippen LogP contribution in [0.1, 0.15) is 43.2 Å². The first-order valence-electron chi connectivity index (χ1n) is 4.00. The van der Waals surface area contributed by atoms with Crippen molar-refractivity contribution in [3.8, 4) is 0 Å². The van der Waals surface area contributed by atoms with Crippen LogP contribution in [0, 0.1) is 0 Å². The van der Waals surface area contributed by atoms with Crippen molar-refractivity contribution in [2.45, 2.75) is 31.9 Å². The number of thiol groups is 1. The Morgan fingerprint density at radius 3 is 2.67 bits per heavy atom. The number of hydrogen-bond acceptors (Lipinski definition) is 3. The molecule has 1 unspecified atom stereocenters. The summed E-state index contributed by atoms with van der Waals surface area (Å²) in [5.41, 5.74) is 2.43. The van der Waals surface area contributed by atoms with Gasteiger partial charge in [-0.25, -0.2) is 0 Å². The van der Waals surface area contributed by atoms with Gasteiger partial charge in [0.15, 0.2) is 0 Å². The van der Waals surface area contributed by atoms with Crippen LogP contribution in [0.5, 0.6) is 0 Å². The van der Waals surface area contributed by atoms with E-state index >= 15 is 0 Å². The minimum Gasteiger partial charge on any atom is -0.285 e. The van der Waals surface area contributed by atoms with Gasteiger partial charge in [-0.3, -0.25) is 5.10 Å². The molecule has 0 aromatic carbocycles. The second kappa shape index (κ2) is 4.23. The minimum absolute atomic E-state index is 0.407.